The highest BCUT2D eigenvalue weighted by molar-refractivity contribution is 7.92. The average Bonchev–Trinajstić information content (AvgIpc) is 2.99. The molecule has 154 valence electrons. The number of hydrogen-bond acceptors (Lipinski definition) is 3. The third-order valence-electron chi connectivity index (χ3n) is 5.67. The lowest BCUT2D eigenvalue weighted by atomic mass is 9.76. The Hall–Kier alpha value is -2.83. The topological polar surface area (TPSA) is 74.7 Å². The summed E-state index contributed by atoms with van der Waals surface area (Å²) >= 11 is 6.19. The maximum atomic E-state index is 13.8. The van der Waals surface area contributed by atoms with E-state index in [1.165, 1.54) is 4.31 Å². The summed E-state index contributed by atoms with van der Waals surface area (Å²) in [5.41, 5.74) is 0.738. The summed E-state index contributed by atoms with van der Waals surface area (Å²) in [6.07, 6.45) is 0. The van der Waals surface area contributed by atoms with Gasteiger partial charge in [-0.05, 0) is 55.3 Å². The number of anilines is 1. The molecule has 30 heavy (non-hydrogen) atoms. The van der Waals surface area contributed by atoms with Gasteiger partial charge in [-0.3, -0.25) is 9.10 Å². The molecule has 1 N–H and O–H groups in total. The largest absolute Gasteiger partial charge is 0.481 e. The first-order valence-corrected chi connectivity index (χ1v) is 11.2. The molecule has 0 radical (unpaired) electrons. The van der Waals surface area contributed by atoms with E-state index in [2.05, 4.69) is 0 Å². The van der Waals surface area contributed by atoms with E-state index in [1.807, 2.05) is 6.92 Å². The smallest absolute Gasteiger partial charge is 0.316 e. The van der Waals surface area contributed by atoms with Crippen molar-refractivity contribution in [3.63, 3.8) is 0 Å². The molecule has 1 aliphatic rings. The van der Waals surface area contributed by atoms with Crippen molar-refractivity contribution in [1.29, 1.82) is 0 Å². The van der Waals surface area contributed by atoms with Crippen LogP contribution in [0.5, 0.6) is 0 Å². The summed E-state index contributed by atoms with van der Waals surface area (Å²) in [5, 5.41) is 10.7. The van der Waals surface area contributed by atoms with E-state index in [-0.39, 0.29) is 4.90 Å². The van der Waals surface area contributed by atoms with Gasteiger partial charge in [0.25, 0.3) is 10.0 Å². The normalized spacial score (nSPS) is 20.8. The Morgan fingerprint density at radius 1 is 1.03 bits per heavy atom. The Morgan fingerprint density at radius 2 is 1.70 bits per heavy atom. The van der Waals surface area contributed by atoms with Crippen molar-refractivity contribution >= 4 is 33.3 Å². The summed E-state index contributed by atoms with van der Waals surface area (Å²) < 4.78 is 28.8. The third-order valence-corrected chi connectivity index (χ3v) is 7.70. The standard InChI is InChI=1S/C23H20ClNO4S/c1-15-10-12-18(13-11-15)30(28,29)25-20-9-4-3-8-19(20)23(2,22(26)27)21(25)16-6-5-7-17(24)14-16/h3-14,21H,1-2H3,(H,26,27). The highest BCUT2D eigenvalue weighted by atomic mass is 35.5. The van der Waals surface area contributed by atoms with Crippen LogP contribution >= 0.6 is 11.6 Å². The fourth-order valence-corrected chi connectivity index (χ4v) is 6.03. The Bertz CT molecular complexity index is 1240. The highest BCUT2D eigenvalue weighted by Gasteiger charge is 2.57. The number of nitrogens with zero attached hydrogens (tertiary/aromatic N) is 1. The zero-order chi connectivity index (χ0) is 21.7. The number of aliphatic carboxylic acids is 1. The Labute approximate surface area is 180 Å². The molecular weight excluding hydrogens is 422 g/mol. The van der Waals surface area contributed by atoms with Crippen LogP contribution in [0.25, 0.3) is 0 Å². The zero-order valence-corrected chi connectivity index (χ0v) is 18.0. The molecule has 0 spiro atoms. The zero-order valence-electron chi connectivity index (χ0n) is 16.4. The molecular formula is C23H20ClNO4S. The predicted octanol–water partition coefficient (Wildman–Crippen LogP) is 4.94. The fraction of sp³-hybridized carbons (Fsp3) is 0.174. The van der Waals surface area contributed by atoms with Gasteiger partial charge < -0.3 is 5.11 Å². The van der Waals surface area contributed by atoms with Gasteiger partial charge in [0.05, 0.1) is 16.6 Å². The number of rotatable bonds is 4. The van der Waals surface area contributed by atoms with Gasteiger partial charge in [0.15, 0.2) is 0 Å². The number of sulfonamides is 1. The number of halogens is 1. The van der Waals surface area contributed by atoms with Crippen molar-refractivity contribution in [3.8, 4) is 0 Å². The monoisotopic (exact) mass is 441 g/mol. The lowest BCUT2D eigenvalue weighted by Gasteiger charge is -2.34. The molecule has 0 amide bonds. The lowest BCUT2D eigenvalue weighted by Crippen LogP contribution is -2.43. The molecule has 7 heteroatoms. The van der Waals surface area contributed by atoms with Crippen LogP contribution < -0.4 is 4.31 Å². The van der Waals surface area contributed by atoms with Gasteiger partial charge in [-0.1, -0.05) is 59.6 Å². The number of carboxylic acids is 1. The minimum absolute atomic E-state index is 0.101. The lowest BCUT2D eigenvalue weighted by molar-refractivity contribution is -0.143. The van der Waals surface area contributed by atoms with Crippen molar-refractivity contribution in [2.24, 2.45) is 0 Å². The van der Waals surface area contributed by atoms with Crippen LogP contribution in [0, 0.1) is 6.92 Å². The SMILES string of the molecule is Cc1ccc(S(=O)(=O)N2c3ccccc3C(C)(C(=O)O)C2c2cccc(Cl)c2)cc1. The summed E-state index contributed by atoms with van der Waals surface area (Å²) in [6.45, 7) is 3.43. The average molecular weight is 442 g/mol. The summed E-state index contributed by atoms with van der Waals surface area (Å²) in [7, 11) is -4.06. The first kappa shape index (κ1) is 20.4. The van der Waals surface area contributed by atoms with E-state index in [0.717, 1.165) is 5.56 Å². The number of carboxylic acid groups (broad SMARTS) is 1. The van der Waals surface area contributed by atoms with Gasteiger partial charge in [-0.2, -0.15) is 0 Å². The van der Waals surface area contributed by atoms with Crippen molar-refractivity contribution in [2.45, 2.75) is 30.2 Å². The first-order valence-electron chi connectivity index (χ1n) is 9.37. The van der Waals surface area contributed by atoms with E-state index in [0.29, 0.717) is 21.8 Å². The minimum Gasteiger partial charge on any atom is -0.481 e. The number of para-hydroxylation sites is 1. The number of benzene rings is 3. The number of carbonyl (C=O) groups is 1. The molecule has 0 saturated carbocycles. The highest BCUT2D eigenvalue weighted by Crippen LogP contribution is 2.55. The third kappa shape index (κ3) is 2.99. The van der Waals surface area contributed by atoms with Crippen molar-refractivity contribution in [3.05, 3.63) is 94.5 Å². The van der Waals surface area contributed by atoms with Gasteiger partial charge in [0.2, 0.25) is 0 Å². The molecule has 2 unspecified atom stereocenters. The molecule has 1 heterocycles. The van der Waals surface area contributed by atoms with Crippen molar-refractivity contribution in [2.75, 3.05) is 4.31 Å². The van der Waals surface area contributed by atoms with E-state index in [4.69, 9.17) is 11.6 Å². The van der Waals surface area contributed by atoms with Crippen LogP contribution in [0.1, 0.15) is 29.7 Å². The van der Waals surface area contributed by atoms with E-state index >= 15 is 0 Å². The fourth-order valence-electron chi connectivity index (χ4n) is 4.10. The molecule has 5 nitrogen and oxygen atoms in total. The summed E-state index contributed by atoms with van der Waals surface area (Å²) in [5.74, 6) is -1.11. The molecule has 4 rings (SSSR count). The summed E-state index contributed by atoms with van der Waals surface area (Å²) in [4.78, 5) is 12.7. The molecule has 0 aromatic heterocycles. The predicted molar refractivity (Wildman–Crippen MR) is 116 cm³/mol. The Morgan fingerprint density at radius 3 is 2.33 bits per heavy atom. The van der Waals surface area contributed by atoms with Gasteiger partial charge >= 0.3 is 5.97 Å². The molecule has 0 fully saturated rings. The number of aryl methyl sites for hydroxylation is 1. The maximum absolute atomic E-state index is 13.8. The van der Waals surface area contributed by atoms with E-state index in [9.17, 15) is 18.3 Å². The van der Waals surface area contributed by atoms with Gasteiger partial charge in [0, 0.05) is 5.02 Å². The molecule has 0 saturated heterocycles. The van der Waals surface area contributed by atoms with Gasteiger partial charge in [-0.25, -0.2) is 8.42 Å². The van der Waals surface area contributed by atoms with Crippen molar-refractivity contribution < 1.29 is 18.3 Å². The van der Waals surface area contributed by atoms with Gasteiger partial charge in [0.1, 0.15) is 5.41 Å². The molecule has 1 aliphatic heterocycles. The second-order valence-electron chi connectivity index (χ2n) is 7.60. The Balaban J connectivity index is 2.03. The van der Waals surface area contributed by atoms with Crippen LogP contribution in [0.15, 0.2) is 77.7 Å². The minimum atomic E-state index is -4.06. The number of fused-ring (bicyclic) bond motifs is 1. The second-order valence-corrected chi connectivity index (χ2v) is 9.85. The van der Waals surface area contributed by atoms with E-state index in [1.54, 1.807) is 79.7 Å². The van der Waals surface area contributed by atoms with Crippen molar-refractivity contribution in [1.82, 2.24) is 0 Å². The maximum Gasteiger partial charge on any atom is 0.316 e. The van der Waals surface area contributed by atoms with Crippen LogP contribution in [-0.2, 0) is 20.2 Å². The molecule has 3 aromatic carbocycles. The number of hydrogen-bond donors (Lipinski definition) is 1. The summed E-state index contributed by atoms with van der Waals surface area (Å²) in [6, 6.07) is 19.0. The Kier molecular flexibility index (Phi) is 4.87. The first-order chi connectivity index (χ1) is 14.2. The van der Waals surface area contributed by atoms with Crippen LogP contribution in [0.4, 0.5) is 5.69 Å². The molecule has 0 aliphatic carbocycles. The van der Waals surface area contributed by atoms with E-state index < -0.39 is 27.4 Å². The molecule has 3 aromatic rings. The van der Waals surface area contributed by atoms with Gasteiger partial charge in [-0.15, -0.1) is 0 Å². The van der Waals surface area contributed by atoms with Crippen LogP contribution in [0.3, 0.4) is 0 Å². The molecule has 0 bridgehead atoms. The second kappa shape index (κ2) is 7.15. The van der Waals surface area contributed by atoms with Crippen LogP contribution in [0.2, 0.25) is 5.02 Å². The molecule has 2 atom stereocenters. The van der Waals surface area contributed by atoms with Crippen LogP contribution in [-0.4, -0.2) is 19.5 Å². The quantitative estimate of drug-likeness (QED) is 0.622.